The topological polar surface area (TPSA) is 78.9 Å². The lowest BCUT2D eigenvalue weighted by molar-refractivity contribution is -0.167. The van der Waals surface area contributed by atoms with Crippen molar-refractivity contribution in [1.29, 1.82) is 0 Å². The van der Waals surface area contributed by atoms with Crippen LogP contribution in [-0.2, 0) is 28.6 Å². The minimum Gasteiger partial charge on any atom is -0.462 e. The Kier molecular flexibility index (Phi) is 61.6. The van der Waals surface area contributed by atoms with E-state index in [1.54, 1.807) is 0 Å². The van der Waals surface area contributed by atoms with Crippen molar-refractivity contribution in [3.63, 3.8) is 0 Å². The second-order valence-corrected chi connectivity index (χ2v) is 22.7. The molecule has 0 fully saturated rings. The summed E-state index contributed by atoms with van der Waals surface area (Å²) in [5.41, 5.74) is 0. The molecule has 1 atom stereocenters. The number of hydrogen-bond donors (Lipinski definition) is 0. The highest BCUT2D eigenvalue weighted by Crippen LogP contribution is 2.18. The summed E-state index contributed by atoms with van der Waals surface area (Å²) in [7, 11) is 0. The van der Waals surface area contributed by atoms with Crippen molar-refractivity contribution in [2.75, 3.05) is 13.2 Å². The average molecular weight is 1040 g/mol. The van der Waals surface area contributed by atoms with Crippen molar-refractivity contribution >= 4 is 17.9 Å². The molecule has 6 nitrogen and oxygen atoms in total. The van der Waals surface area contributed by atoms with E-state index in [0.717, 1.165) is 64.2 Å². The average Bonchev–Trinajstić information content (AvgIpc) is 3.40. The van der Waals surface area contributed by atoms with Crippen molar-refractivity contribution in [3.8, 4) is 0 Å². The zero-order valence-corrected chi connectivity index (χ0v) is 50.1. The molecule has 0 aromatic carbocycles. The smallest absolute Gasteiger partial charge is 0.306 e. The Morgan fingerprint density at radius 1 is 0.257 bits per heavy atom. The fourth-order valence-electron chi connectivity index (χ4n) is 10.1. The van der Waals surface area contributed by atoms with Gasteiger partial charge in [-0.3, -0.25) is 14.4 Å². The van der Waals surface area contributed by atoms with Crippen LogP contribution in [0, 0.1) is 0 Å². The first-order valence-electron chi connectivity index (χ1n) is 33.3. The van der Waals surface area contributed by atoms with Gasteiger partial charge in [0.15, 0.2) is 6.10 Å². The Labute approximate surface area is 462 Å². The summed E-state index contributed by atoms with van der Waals surface area (Å²) in [6.45, 7) is 6.66. The fraction of sp³-hybridized carbons (Fsp3) is 0.897. The van der Waals surface area contributed by atoms with Crippen LogP contribution in [0.25, 0.3) is 0 Å². The van der Waals surface area contributed by atoms with Gasteiger partial charge in [0.25, 0.3) is 0 Å². The molecule has 0 spiro atoms. The van der Waals surface area contributed by atoms with E-state index in [-0.39, 0.29) is 31.1 Å². The zero-order valence-electron chi connectivity index (χ0n) is 50.1. The second-order valence-electron chi connectivity index (χ2n) is 22.7. The van der Waals surface area contributed by atoms with Crippen LogP contribution in [0.5, 0.6) is 0 Å². The number of hydrogen-bond acceptors (Lipinski definition) is 6. The molecule has 6 heteroatoms. The minimum atomic E-state index is -0.774. The van der Waals surface area contributed by atoms with Gasteiger partial charge in [-0.15, -0.1) is 0 Å². The van der Waals surface area contributed by atoms with Crippen LogP contribution in [0.15, 0.2) is 24.3 Å². The van der Waals surface area contributed by atoms with Gasteiger partial charge in [-0.25, -0.2) is 0 Å². The number of carbonyl (C=O) groups excluding carboxylic acids is 3. The van der Waals surface area contributed by atoms with Gasteiger partial charge in [-0.05, 0) is 64.2 Å². The summed E-state index contributed by atoms with van der Waals surface area (Å²) >= 11 is 0. The van der Waals surface area contributed by atoms with Crippen molar-refractivity contribution in [2.45, 2.75) is 380 Å². The van der Waals surface area contributed by atoms with Crippen LogP contribution in [-0.4, -0.2) is 37.2 Å². The second kappa shape index (κ2) is 63.4. The Morgan fingerprint density at radius 3 is 0.716 bits per heavy atom. The summed E-state index contributed by atoms with van der Waals surface area (Å²) in [4.78, 5) is 38.2. The first-order chi connectivity index (χ1) is 36.5. The van der Waals surface area contributed by atoms with Crippen LogP contribution in [0.4, 0.5) is 0 Å². The van der Waals surface area contributed by atoms with E-state index in [1.807, 2.05) is 0 Å². The highest BCUT2D eigenvalue weighted by atomic mass is 16.6. The molecule has 0 radical (unpaired) electrons. The van der Waals surface area contributed by atoms with Crippen LogP contribution in [0.3, 0.4) is 0 Å². The molecule has 436 valence electrons. The highest BCUT2D eigenvalue weighted by Gasteiger charge is 2.19. The summed E-state index contributed by atoms with van der Waals surface area (Å²) in [5.74, 6) is -0.861. The monoisotopic (exact) mass is 1040 g/mol. The van der Waals surface area contributed by atoms with Crippen molar-refractivity contribution in [3.05, 3.63) is 24.3 Å². The van der Waals surface area contributed by atoms with E-state index in [9.17, 15) is 14.4 Å². The molecular formula is C68H128O6. The molecule has 0 amide bonds. The van der Waals surface area contributed by atoms with Gasteiger partial charge in [0.1, 0.15) is 13.2 Å². The van der Waals surface area contributed by atoms with Crippen molar-refractivity contribution in [1.82, 2.24) is 0 Å². The largest absolute Gasteiger partial charge is 0.462 e. The Morgan fingerprint density at radius 2 is 0.459 bits per heavy atom. The number of allylic oxidation sites excluding steroid dienone is 4. The standard InChI is InChI=1S/C68H128O6/c1-4-7-10-13-16-19-22-24-26-28-30-31-32-33-34-35-36-37-38-40-41-43-46-49-52-55-58-61-67(70)73-64-65(63-72-66(69)60-57-54-51-48-45-21-18-15-12-9-6-3)74-68(71)62-59-56-53-50-47-44-42-39-29-27-25-23-20-17-14-11-8-5-2/h15,18,27,29,65H,4-14,16-17,19-26,28,30-64H2,1-3H3/b18-15-,29-27-. The lowest BCUT2D eigenvalue weighted by Gasteiger charge is -2.18. The third-order valence-corrected chi connectivity index (χ3v) is 15.2. The number of rotatable bonds is 62. The maximum Gasteiger partial charge on any atom is 0.306 e. The van der Waals surface area contributed by atoms with Gasteiger partial charge in [0, 0.05) is 19.3 Å². The van der Waals surface area contributed by atoms with Gasteiger partial charge in [0.2, 0.25) is 0 Å². The highest BCUT2D eigenvalue weighted by molar-refractivity contribution is 5.71. The van der Waals surface area contributed by atoms with Gasteiger partial charge in [-0.1, -0.05) is 315 Å². The van der Waals surface area contributed by atoms with E-state index in [4.69, 9.17) is 14.2 Å². The molecule has 1 unspecified atom stereocenters. The molecule has 0 N–H and O–H groups in total. The molecule has 0 saturated carbocycles. The number of unbranched alkanes of at least 4 members (excludes halogenated alkanes) is 47. The normalized spacial score (nSPS) is 12.1. The molecule has 0 rings (SSSR count). The molecule has 74 heavy (non-hydrogen) atoms. The first-order valence-corrected chi connectivity index (χ1v) is 33.3. The van der Waals surface area contributed by atoms with Crippen molar-refractivity contribution in [2.24, 2.45) is 0 Å². The minimum absolute atomic E-state index is 0.0709. The van der Waals surface area contributed by atoms with Crippen LogP contribution < -0.4 is 0 Å². The lowest BCUT2D eigenvalue weighted by Crippen LogP contribution is -2.30. The molecule has 0 aromatic rings. The number of ether oxygens (including phenoxy) is 3. The molecule has 0 aromatic heterocycles. The predicted octanol–water partition coefficient (Wildman–Crippen LogP) is 22.6. The van der Waals surface area contributed by atoms with E-state index in [1.165, 1.54) is 270 Å². The first kappa shape index (κ1) is 71.9. The van der Waals surface area contributed by atoms with Gasteiger partial charge in [0.05, 0.1) is 0 Å². The Hall–Kier alpha value is -2.11. The third-order valence-electron chi connectivity index (χ3n) is 15.2. The third kappa shape index (κ3) is 60.8. The van der Waals surface area contributed by atoms with Crippen LogP contribution in [0.2, 0.25) is 0 Å². The Bertz CT molecular complexity index is 1190. The summed E-state index contributed by atoms with van der Waals surface area (Å²) in [6.07, 6.45) is 76.4. The van der Waals surface area contributed by atoms with Gasteiger partial charge in [-0.2, -0.15) is 0 Å². The molecular weight excluding hydrogens is 913 g/mol. The SMILES string of the molecule is CCCC/C=C\CCCCCCCC(=O)OCC(COC(=O)CCCCCCCCCCCCCCCCCCCCCCCCCCCCC)OC(=O)CCCCCCCCC/C=C\CCCCCCCCC. The maximum atomic E-state index is 12.9. The number of carbonyl (C=O) groups is 3. The summed E-state index contributed by atoms with van der Waals surface area (Å²) < 4.78 is 16.9. The fourth-order valence-corrected chi connectivity index (χ4v) is 10.1. The van der Waals surface area contributed by atoms with Crippen LogP contribution in [0.1, 0.15) is 374 Å². The van der Waals surface area contributed by atoms with E-state index in [2.05, 4.69) is 45.1 Å². The quantitative estimate of drug-likeness (QED) is 0.0261. The van der Waals surface area contributed by atoms with Crippen LogP contribution >= 0.6 is 0 Å². The molecule has 0 aliphatic heterocycles. The van der Waals surface area contributed by atoms with E-state index < -0.39 is 6.10 Å². The summed E-state index contributed by atoms with van der Waals surface area (Å²) in [6, 6.07) is 0. The van der Waals surface area contributed by atoms with Gasteiger partial charge >= 0.3 is 17.9 Å². The Balaban J connectivity index is 4.15. The van der Waals surface area contributed by atoms with Crippen molar-refractivity contribution < 1.29 is 28.6 Å². The molecule has 0 saturated heterocycles. The predicted molar refractivity (Wildman–Crippen MR) is 321 cm³/mol. The molecule has 0 aliphatic carbocycles. The summed E-state index contributed by atoms with van der Waals surface area (Å²) in [5, 5.41) is 0. The molecule has 0 aliphatic rings. The lowest BCUT2D eigenvalue weighted by atomic mass is 10.0. The zero-order chi connectivity index (χ0) is 53.6. The molecule has 0 heterocycles. The van der Waals surface area contributed by atoms with Gasteiger partial charge < -0.3 is 14.2 Å². The number of esters is 3. The van der Waals surface area contributed by atoms with E-state index in [0.29, 0.717) is 19.3 Å². The van der Waals surface area contributed by atoms with E-state index >= 15 is 0 Å². The maximum absolute atomic E-state index is 12.9. The molecule has 0 bridgehead atoms.